The van der Waals surface area contributed by atoms with Crippen molar-refractivity contribution in [2.24, 2.45) is 4.99 Å². The number of hydrogen-bond donors (Lipinski definition) is 2. The molecule has 2 aliphatic rings. The van der Waals surface area contributed by atoms with Crippen molar-refractivity contribution in [3.05, 3.63) is 64.4 Å². The van der Waals surface area contributed by atoms with Gasteiger partial charge in [0.25, 0.3) is 0 Å². The Morgan fingerprint density at radius 1 is 1.13 bits per heavy atom. The lowest BCUT2D eigenvalue weighted by Crippen LogP contribution is -2.48. The summed E-state index contributed by atoms with van der Waals surface area (Å²) in [6, 6.07) is 11.5. The number of aliphatic imine (C=N–C) groups is 1. The number of nitrogens with one attached hydrogen (secondary N) is 2. The van der Waals surface area contributed by atoms with Gasteiger partial charge in [0.05, 0.1) is 0 Å². The first-order valence-corrected chi connectivity index (χ1v) is 11.4. The summed E-state index contributed by atoms with van der Waals surface area (Å²) in [5.74, 6) is 0.898. The predicted molar refractivity (Wildman–Crippen MR) is 139 cm³/mol. The van der Waals surface area contributed by atoms with Crippen molar-refractivity contribution < 1.29 is 0 Å². The van der Waals surface area contributed by atoms with Crippen molar-refractivity contribution >= 4 is 47.0 Å². The number of thiophene rings is 1. The molecular formula is C23H32IN5S. The van der Waals surface area contributed by atoms with Gasteiger partial charge in [0.15, 0.2) is 5.96 Å². The van der Waals surface area contributed by atoms with Gasteiger partial charge in [-0.25, -0.2) is 0 Å². The molecule has 0 atom stereocenters. The Kier molecular flexibility index (Phi) is 9.02. The minimum Gasteiger partial charge on any atom is -0.364 e. The second-order valence-electron chi connectivity index (χ2n) is 7.80. The number of hydrogen-bond acceptors (Lipinski definition) is 4. The first-order valence-electron chi connectivity index (χ1n) is 10.5. The van der Waals surface area contributed by atoms with E-state index < -0.39 is 0 Å². The zero-order valence-electron chi connectivity index (χ0n) is 17.6. The topological polar surface area (TPSA) is 42.9 Å². The number of guanidine groups is 1. The van der Waals surface area contributed by atoms with Crippen LogP contribution in [0, 0.1) is 0 Å². The molecule has 1 aromatic heterocycles. The van der Waals surface area contributed by atoms with Gasteiger partial charge in [-0.05, 0) is 52.9 Å². The molecule has 5 nitrogen and oxygen atoms in total. The average molecular weight is 538 g/mol. The normalized spacial score (nSPS) is 17.8. The lowest BCUT2D eigenvalue weighted by Gasteiger charge is -2.33. The van der Waals surface area contributed by atoms with Crippen molar-refractivity contribution in [3.8, 4) is 0 Å². The Morgan fingerprint density at radius 3 is 2.63 bits per heavy atom. The van der Waals surface area contributed by atoms with E-state index in [1.54, 1.807) is 11.3 Å². The van der Waals surface area contributed by atoms with Crippen molar-refractivity contribution in [1.82, 2.24) is 15.5 Å². The van der Waals surface area contributed by atoms with E-state index in [1.165, 1.54) is 16.8 Å². The molecule has 1 saturated heterocycles. The zero-order chi connectivity index (χ0) is 19.9. The Labute approximate surface area is 201 Å². The highest BCUT2D eigenvalue weighted by Crippen LogP contribution is 2.19. The zero-order valence-corrected chi connectivity index (χ0v) is 20.7. The Bertz CT molecular complexity index is 820. The summed E-state index contributed by atoms with van der Waals surface area (Å²) in [6.45, 7) is 6.14. The number of nitrogens with zero attached hydrogens (tertiary/aromatic N) is 3. The molecule has 0 amide bonds. The maximum atomic E-state index is 4.44. The lowest BCUT2D eigenvalue weighted by molar-refractivity contribution is 0.198. The molecule has 162 valence electrons. The Morgan fingerprint density at radius 2 is 1.93 bits per heavy atom. The summed E-state index contributed by atoms with van der Waals surface area (Å²) in [4.78, 5) is 9.36. The van der Waals surface area contributed by atoms with Crippen LogP contribution in [0.3, 0.4) is 0 Å². The van der Waals surface area contributed by atoms with Gasteiger partial charge in [-0.1, -0.05) is 24.3 Å². The van der Waals surface area contributed by atoms with E-state index in [9.17, 15) is 0 Å². The number of rotatable bonds is 6. The van der Waals surface area contributed by atoms with E-state index in [-0.39, 0.29) is 24.0 Å². The van der Waals surface area contributed by atoms with Crippen LogP contribution >= 0.6 is 35.3 Å². The highest BCUT2D eigenvalue weighted by molar-refractivity contribution is 14.0. The summed E-state index contributed by atoms with van der Waals surface area (Å²) >= 11 is 1.78. The number of benzene rings is 1. The number of likely N-dealkylation sites (tertiary alicyclic amines) is 1. The van der Waals surface area contributed by atoms with Gasteiger partial charge < -0.3 is 15.5 Å². The van der Waals surface area contributed by atoms with Crippen LogP contribution in [0.15, 0.2) is 58.2 Å². The Hall–Kier alpha value is -1.58. The van der Waals surface area contributed by atoms with Crippen molar-refractivity contribution in [3.63, 3.8) is 0 Å². The third kappa shape index (κ3) is 6.46. The molecule has 1 aromatic carbocycles. The largest absolute Gasteiger partial charge is 0.364 e. The van der Waals surface area contributed by atoms with Gasteiger partial charge >= 0.3 is 0 Å². The fourth-order valence-corrected chi connectivity index (χ4v) is 4.66. The molecule has 3 heterocycles. The molecule has 0 saturated carbocycles. The fourth-order valence-electron chi connectivity index (χ4n) is 4.00. The monoisotopic (exact) mass is 537 g/mol. The number of piperidine rings is 1. The maximum absolute atomic E-state index is 4.44. The van der Waals surface area contributed by atoms with Gasteiger partial charge in [0.2, 0.25) is 0 Å². The van der Waals surface area contributed by atoms with E-state index in [0.717, 1.165) is 58.1 Å². The average Bonchev–Trinajstić information content (AvgIpc) is 3.47. The molecule has 0 radical (unpaired) electrons. The minimum absolute atomic E-state index is 0. The van der Waals surface area contributed by atoms with Crippen molar-refractivity contribution in [2.45, 2.75) is 32.0 Å². The molecule has 7 heteroatoms. The SMILES string of the molecule is CN=C(NCc1cccc(N2CC=CC2)c1)NC1CCN(Cc2ccsc2)CC1.I. The van der Waals surface area contributed by atoms with Crippen LogP contribution in [-0.4, -0.2) is 50.1 Å². The van der Waals surface area contributed by atoms with Crippen LogP contribution in [0.2, 0.25) is 0 Å². The molecular weight excluding hydrogens is 505 g/mol. The standard InChI is InChI=1S/C23H31N5S.HI/c1-24-23(25-16-19-5-4-6-22(15-19)28-10-2-3-11-28)26-21-7-12-27(13-8-21)17-20-9-14-29-18-20;/h2-6,9,14-15,18,21H,7-8,10-13,16-17H2,1H3,(H2,24,25,26);1H. The smallest absolute Gasteiger partial charge is 0.191 e. The van der Waals surface area contributed by atoms with Crippen molar-refractivity contribution in [1.29, 1.82) is 0 Å². The van der Waals surface area contributed by atoms with Gasteiger partial charge in [-0.3, -0.25) is 9.89 Å². The molecule has 0 aliphatic carbocycles. The third-order valence-electron chi connectivity index (χ3n) is 5.69. The summed E-state index contributed by atoms with van der Waals surface area (Å²) in [5, 5.41) is 11.5. The molecule has 0 unspecified atom stereocenters. The van der Waals surface area contributed by atoms with Crippen LogP contribution in [0.25, 0.3) is 0 Å². The first-order chi connectivity index (χ1) is 14.3. The van der Waals surface area contributed by atoms with E-state index in [4.69, 9.17) is 0 Å². The molecule has 2 N–H and O–H groups in total. The van der Waals surface area contributed by atoms with E-state index in [1.807, 2.05) is 7.05 Å². The van der Waals surface area contributed by atoms with Crippen LogP contribution < -0.4 is 15.5 Å². The highest BCUT2D eigenvalue weighted by atomic mass is 127. The highest BCUT2D eigenvalue weighted by Gasteiger charge is 2.20. The summed E-state index contributed by atoms with van der Waals surface area (Å²) < 4.78 is 0. The van der Waals surface area contributed by atoms with Gasteiger partial charge in [0.1, 0.15) is 0 Å². The Balaban J connectivity index is 0.00000256. The second kappa shape index (κ2) is 11.7. The summed E-state index contributed by atoms with van der Waals surface area (Å²) in [7, 11) is 1.85. The fraction of sp³-hybridized carbons (Fsp3) is 0.435. The molecule has 2 aromatic rings. The minimum atomic E-state index is 0. The van der Waals surface area contributed by atoms with Gasteiger partial charge in [-0.15, -0.1) is 24.0 Å². The summed E-state index contributed by atoms with van der Waals surface area (Å²) in [5.41, 5.74) is 4.00. The van der Waals surface area contributed by atoms with Crippen LogP contribution in [0.1, 0.15) is 24.0 Å². The number of halogens is 1. The lowest BCUT2D eigenvalue weighted by atomic mass is 10.0. The molecule has 4 rings (SSSR count). The van der Waals surface area contributed by atoms with Gasteiger partial charge in [0, 0.05) is 58.0 Å². The van der Waals surface area contributed by atoms with E-state index in [0.29, 0.717) is 6.04 Å². The van der Waals surface area contributed by atoms with E-state index >= 15 is 0 Å². The molecule has 0 spiro atoms. The second-order valence-corrected chi connectivity index (χ2v) is 8.58. The van der Waals surface area contributed by atoms with Crippen LogP contribution in [0.5, 0.6) is 0 Å². The maximum Gasteiger partial charge on any atom is 0.191 e. The van der Waals surface area contributed by atoms with Crippen LogP contribution in [-0.2, 0) is 13.1 Å². The third-order valence-corrected chi connectivity index (χ3v) is 6.42. The summed E-state index contributed by atoms with van der Waals surface area (Å²) in [6.07, 6.45) is 6.76. The molecule has 30 heavy (non-hydrogen) atoms. The van der Waals surface area contributed by atoms with Gasteiger partial charge in [-0.2, -0.15) is 11.3 Å². The first kappa shape index (κ1) is 23.1. The molecule has 1 fully saturated rings. The number of anilines is 1. The van der Waals surface area contributed by atoms with Crippen LogP contribution in [0.4, 0.5) is 5.69 Å². The van der Waals surface area contributed by atoms with E-state index in [2.05, 4.69) is 78.7 Å². The predicted octanol–water partition coefficient (Wildman–Crippen LogP) is 4.07. The molecule has 2 aliphatic heterocycles. The molecule has 0 bridgehead atoms. The quantitative estimate of drug-likeness (QED) is 0.253. The van der Waals surface area contributed by atoms with Crippen molar-refractivity contribution in [2.75, 3.05) is 38.1 Å².